The number of hydrogen-bond donors (Lipinski definition) is 0. The monoisotopic (exact) mass is 358 g/mol. The highest BCUT2D eigenvalue weighted by Gasteiger charge is 2.33. The minimum Gasteiger partial charge on any atom is -0.381 e. The number of rotatable bonds is 6. The summed E-state index contributed by atoms with van der Waals surface area (Å²) >= 11 is 0. The molecule has 140 valence electrons. The van der Waals surface area contributed by atoms with Crippen molar-refractivity contribution in [2.24, 2.45) is 5.92 Å². The van der Waals surface area contributed by atoms with Gasteiger partial charge in [0.15, 0.2) is 0 Å². The third-order valence-corrected chi connectivity index (χ3v) is 5.44. The summed E-state index contributed by atoms with van der Waals surface area (Å²) in [6.45, 7) is 8.65. The van der Waals surface area contributed by atoms with Crippen LogP contribution in [-0.4, -0.2) is 45.3 Å². The third-order valence-electron chi connectivity index (χ3n) is 5.44. The van der Waals surface area contributed by atoms with E-state index in [1.54, 1.807) is 13.8 Å². The van der Waals surface area contributed by atoms with Crippen LogP contribution in [0.1, 0.15) is 59.1 Å². The fourth-order valence-electron chi connectivity index (χ4n) is 3.68. The van der Waals surface area contributed by atoms with Gasteiger partial charge in [0.05, 0.1) is 18.3 Å². The molecule has 0 aromatic carbocycles. The van der Waals surface area contributed by atoms with Crippen LogP contribution < -0.4 is 0 Å². The Bertz CT molecular complexity index is 786. The number of hydrogen-bond acceptors (Lipinski definition) is 5. The van der Waals surface area contributed by atoms with E-state index in [0.717, 1.165) is 37.9 Å². The molecule has 1 aliphatic heterocycles. The van der Waals surface area contributed by atoms with Crippen LogP contribution >= 0.6 is 0 Å². The Morgan fingerprint density at radius 1 is 1.35 bits per heavy atom. The molecule has 1 unspecified atom stereocenters. The van der Waals surface area contributed by atoms with E-state index in [4.69, 9.17) is 9.26 Å². The lowest BCUT2D eigenvalue weighted by Gasteiger charge is -2.34. The van der Waals surface area contributed by atoms with E-state index in [2.05, 4.69) is 14.7 Å². The van der Waals surface area contributed by atoms with E-state index in [1.165, 1.54) is 18.5 Å². The lowest BCUT2D eigenvalue weighted by molar-refractivity contribution is 0.0632. The van der Waals surface area contributed by atoms with Crippen LogP contribution in [0.5, 0.6) is 0 Å². The molecule has 3 heterocycles. The van der Waals surface area contributed by atoms with Gasteiger partial charge in [-0.3, -0.25) is 4.79 Å². The summed E-state index contributed by atoms with van der Waals surface area (Å²) in [4.78, 5) is 19.4. The lowest BCUT2D eigenvalue weighted by atomic mass is 10.1. The first-order valence-corrected chi connectivity index (χ1v) is 9.42. The standard InChI is InChI=1S/C19H26N4O3/c1-12-17(14(3)26-21-12)19(24)22-7-8-23-16(10-20-18(23)13(22)2)6-9-25-11-15-4-5-15/h10,13,15H,4-9,11H2,1-3H3. The van der Waals surface area contributed by atoms with Crippen molar-refractivity contribution in [1.82, 2.24) is 19.6 Å². The second-order valence-electron chi connectivity index (χ2n) is 7.40. The zero-order valence-electron chi connectivity index (χ0n) is 15.7. The topological polar surface area (TPSA) is 73.4 Å². The van der Waals surface area contributed by atoms with E-state index in [9.17, 15) is 4.79 Å². The quantitative estimate of drug-likeness (QED) is 0.742. The number of aryl methyl sites for hydroxylation is 2. The van der Waals surface area contributed by atoms with Crippen LogP contribution in [0.25, 0.3) is 0 Å². The summed E-state index contributed by atoms with van der Waals surface area (Å²) in [6, 6.07) is -0.0777. The maximum Gasteiger partial charge on any atom is 0.260 e. The molecule has 0 saturated heterocycles. The highest BCUT2D eigenvalue weighted by Crippen LogP contribution is 2.30. The highest BCUT2D eigenvalue weighted by molar-refractivity contribution is 5.96. The van der Waals surface area contributed by atoms with Crippen LogP contribution in [0.15, 0.2) is 10.7 Å². The van der Waals surface area contributed by atoms with Gasteiger partial charge in [-0.25, -0.2) is 4.98 Å². The Kier molecular flexibility index (Phi) is 4.56. The van der Waals surface area contributed by atoms with Crippen LogP contribution in [-0.2, 0) is 17.7 Å². The lowest BCUT2D eigenvalue weighted by Crippen LogP contribution is -2.42. The van der Waals surface area contributed by atoms with Crippen molar-refractivity contribution < 1.29 is 14.1 Å². The average Bonchev–Trinajstić information content (AvgIpc) is 3.26. The van der Waals surface area contributed by atoms with Gasteiger partial charge in [-0.2, -0.15) is 0 Å². The summed E-state index contributed by atoms with van der Waals surface area (Å²) in [5, 5.41) is 3.91. The molecule has 1 amide bonds. The molecule has 2 aromatic rings. The molecule has 7 heteroatoms. The van der Waals surface area contributed by atoms with Gasteiger partial charge in [0.2, 0.25) is 0 Å². The summed E-state index contributed by atoms with van der Waals surface area (Å²) in [6.07, 6.45) is 5.42. The first-order valence-electron chi connectivity index (χ1n) is 9.42. The molecular weight excluding hydrogens is 332 g/mol. The van der Waals surface area contributed by atoms with Crippen LogP contribution in [0.4, 0.5) is 0 Å². The molecule has 2 aromatic heterocycles. The third kappa shape index (κ3) is 3.16. The largest absolute Gasteiger partial charge is 0.381 e. The van der Waals surface area contributed by atoms with Crippen molar-refractivity contribution >= 4 is 5.91 Å². The Balaban J connectivity index is 1.45. The summed E-state index contributed by atoms with van der Waals surface area (Å²) in [5.74, 6) is 2.27. The van der Waals surface area contributed by atoms with Gasteiger partial charge in [-0.1, -0.05) is 5.16 Å². The summed E-state index contributed by atoms with van der Waals surface area (Å²) < 4.78 is 13.2. The number of fused-ring (bicyclic) bond motifs is 1. The molecule has 1 fully saturated rings. The Morgan fingerprint density at radius 2 is 2.15 bits per heavy atom. The fourth-order valence-corrected chi connectivity index (χ4v) is 3.68. The predicted molar refractivity (Wildman–Crippen MR) is 94.9 cm³/mol. The van der Waals surface area contributed by atoms with E-state index in [-0.39, 0.29) is 11.9 Å². The van der Waals surface area contributed by atoms with E-state index in [1.807, 2.05) is 18.0 Å². The van der Waals surface area contributed by atoms with Gasteiger partial charge >= 0.3 is 0 Å². The molecule has 0 N–H and O–H groups in total. The molecule has 0 bridgehead atoms. The highest BCUT2D eigenvalue weighted by atomic mass is 16.5. The van der Waals surface area contributed by atoms with Gasteiger partial charge in [0.25, 0.3) is 5.91 Å². The number of aromatic nitrogens is 3. The second kappa shape index (κ2) is 6.87. The molecular formula is C19H26N4O3. The number of carbonyl (C=O) groups excluding carboxylic acids is 1. The molecule has 0 spiro atoms. The number of amides is 1. The van der Waals surface area contributed by atoms with Crippen molar-refractivity contribution in [3.05, 3.63) is 34.7 Å². The first-order chi connectivity index (χ1) is 12.6. The maximum atomic E-state index is 13.0. The normalized spacial score (nSPS) is 19.7. The molecule has 1 atom stereocenters. The van der Waals surface area contributed by atoms with E-state index in [0.29, 0.717) is 23.6 Å². The minimum absolute atomic E-state index is 0.0303. The molecule has 4 rings (SSSR count). The van der Waals surface area contributed by atoms with Gasteiger partial charge in [0.1, 0.15) is 17.1 Å². The smallest absolute Gasteiger partial charge is 0.260 e. The molecule has 2 aliphatic rings. The minimum atomic E-state index is -0.0777. The molecule has 7 nitrogen and oxygen atoms in total. The van der Waals surface area contributed by atoms with Gasteiger partial charge in [-0.15, -0.1) is 0 Å². The SMILES string of the molecule is Cc1noc(C)c1C(=O)N1CCn2c(CCOCC3CC3)cnc2C1C. The van der Waals surface area contributed by atoms with E-state index < -0.39 is 0 Å². The first kappa shape index (κ1) is 17.3. The fraction of sp³-hybridized carbons (Fsp3) is 0.632. The van der Waals surface area contributed by atoms with Crippen molar-refractivity contribution in [3.63, 3.8) is 0 Å². The van der Waals surface area contributed by atoms with Crippen molar-refractivity contribution in [2.75, 3.05) is 19.8 Å². The second-order valence-corrected chi connectivity index (χ2v) is 7.40. The van der Waals surface area contributed by atoms with Gasteiger partial charge in [0, 0.05) is 38.0 Å². The zero-order chi connectivity index (χ0) is 18.3. The van der Waals surface area contributed by atoms with E-state index >= 15 is 0 Å². The van der Waals surface area contributed by atoms with Crippen LogP contribution in [0.2, 0.25) is 0 Å². The van der Waals surface area contributed by atoms with Gasteiger partial charge in [-0.05, 0) is 39.5 Å². The van der Waals surface area contributed by atoms with Crippen LogP contribution in [0.3, 0.4) is 0 Å². The van der Waals surface area contributed by atoms with Crippen molar-refractivity contribution in [2.45, 2.75) is 52.6 Å². The number of ether oxygens (including phenoxy) is 1. The molecule has 26 heavy (non-hydrogen) atoms. The zero-order valence-corrected chi connectivity index (χ0v) is 15.7. The number of carbonyl (C=O) groups is 1. The van der Waals surface area contributed by atoms with Crippen molar-refractivity contribution in [1.29, 1.82) is 0 Å². The summed E-state index contributed by atoms with van der Waals surface area (Å²) in [7, 11) is 0. The molecule has 0 radical (unpaired) electrons. The summed E-state index contributed by atoms with van der Waals surface area (Å²) in [5.41, 5.74) is 2.40. The Morgan fingerprint density at radius 3 is 2.85 bits per heavy atom. The predicted octanol–water partition coefficient (Wildman–Crippen LogP) is 2.67. The number of imidazole rings is 1. The molecule has 1 aliphatic carbocycles. The van der Waals surface area contributed by atoms with Gasteiger partial charge < -0.3 is 18.7 Å². The molecule has 1 saturated carbocycles. The Labute approximate surface area is 153 Å². The Hall–Kier alpha value is -2.15. The van der Waals surface area contributed by atoms with Crippen molar-refractivity contribution in [3.8, 4) is 0 Å². The number of nitrogens with zero attached hydrogens (tertiary/aromatic N) is 4. The maximum absolute atomic E-state index is 13.0. The van der Waals surface area contributed by atoms with Crippen LogP contribution in [0, 0.1) is 19.8 Å². The average molecular weight is 358 g/mol.